The first kappa shape index (κ1) is 20.6. The minimum Gasteiger partial charge on any atom is -0.465 e. The van der Waals surface area contributed by atoms with Gasteiger partial charge in [0.15, 0.2) is 5.11 Å². The van der Waals surface area contributed by atoms with Crippen LogP contribution in [0, 0.1) is 0 Å². The second kappa shape index (κ2) is 9.31. The van der Waals surface area contributed by atoms with Gasteiger partial charge in [-0.25, -0.2) is 4.79 Å². The zero-order valence-electron chi connectivity index (χ0n) is 13.8. The highest BCUT2D eigenvalue weighted by Crippen LogP contribution is 2.20. The van der Waals surface area contributed by atoms with Crippen molar-refractivity contribution in [2.24, 2.45) is 0 Å². The van der Waals surface area contributed by atoms with Gasteiger partial charge in [0.1, 0.15) is 0 Å². The lowest BCUT2D eigenvalue weighted by Crippen LogP contribution is -2.48. The van der Waals surface area contributed by atoms with Crippen LogP contribution in [0.4, 0.5) is 0 Å². The highest BCUT2D eigenvalue weighted by atomic mass is 35.5. The van der Waals surface area contributed by atoms with E-state index >= 15 is 0 Å². The van der Waals surface area contributed by atoms with Gasteiger partial charge >= 0.3 is 5.97 Å². The average molecular weight is 426 g/mol. The summed E-state index contributed by atoms with van der Waals surface area (Å²) in [5, 5.41) is 2.82. The van der Waals surface area contributed by atoms with Crippen LogP contribution in [0.25, 0.3) is 0 Å². The molecular formula is C17H13Cl2N3O4S. The largest absolute Gasteiger partial charge is 0.465 e. The maximum atomic E-state index is 12.1. The third-order valence-corrected chi connectivity index (χ3v) is 4.01. The van der Waals surface area contributed by atoms with Crippen LogP contribution in [0.15, 0.2) is 42.5 Å². The van der Waals surface area contributed by atoms with E-state index in [9.17, 15) is 14.4 Å². The van der Waals surface area contributed by atoms with E-state index in [1.165, 1.54) is 49.6 Å². The Labute approximate surface area is 169 Å². The maximum Gasteiger partial charge on any atom is 0.337 e. The number of hydrogen-bond acceptors (Lipinski definition) is 5. The molecule has 27 heavy (non-hydrogen) atoms. The SMILES string of the molecule is COC(=O)c1ccc(C(=O)NC(=S)NNC(=O)c2ccc(Cl)cc2Cl)cc1. The standard InChI is InChI=1S/C17H13Cl2N3O4S/c1-26-16(25)10-4-2-9(3-5-10)14(23)20-17(27)22-21-15(24)12-7-6-11(18)8-13(12)19/h2-8H,1H3,(H,21,24)(H2,20,22,23,27). The van der Waals surface area contributed by atoms with E-state index in [1.54, 1.807) is 0 Å². The molecule has 0 radical (unpaired) electrons. The number of carbonyl (C=O) groups excluding carboxylic acids is 3. The fourth-order valence-electron chi connectivity index (χ4n) is 1.94. The monoisotopic (exact) mass is 425 g/mol. The molecule has 0 aliphatic heterocycles. The first-order valence-corrected chi connectivity index (χ1v) is 8.53. The molecule has 140 valence electrons. The Bertz CT molecular complexity index is 904. The number of thiocarbonyl (C=S) groups is 1. The molecule has 0 fully saturated rings. The molecule has 0 heterocycles. The van der Waals surface area contributed by atoms with Gasteiger partial charge in [0, 0.05) is 10.6 Å². The van der Waals surface area contributed by atoms with Crippen LogP contribution < -0.4 is 16.2 Å². The van der Waals surface area contributed by atoms with Crippen LogP contribution in [-0.4, -0.2) is 30.0 Å². The van der Waals surface area contributed by atoms with Crippen LogP contribution in [0.3, 0.4) is 0 Å². The van der Waals surface area contributed by atoms with Crippen molar-refractivity contribution in [2.45, 2.75) is 0 Å². The Balaban J connectivity index is 1.90. The normalized spacial score (nSPS) is 9.89. The Morgan fingerprint density at radius 1 is 0.926 bits per heavy atom. The first-order valence-electron chi connectivity index (χ1n) is 7.37. The van der Waals surface area contributed by atoms with Crippen molar-refractivity contribution in [1.29, 1.82) is 0 Å². The van der Waals surface area contributed by atoms with Crippen molar-refractivity contribution >= 4 is 58.3 Å². The molecule has 0 aliphatic carbocycles. The third kappa shape index (κ3) is 5.65. The Hall–Kier alpha value is -2.68. The zero-order chi connectivity index (χ0) is 20.0. The van der Waals surface area contributed by atoms with E-state index < -0.39 is 17.8 Å². The van der Waals surface area contributed by atoms with Gasteiger partial charge < -0.3 is 4.74 Å². The summed E-state index contributed by atoms with van der Waals surface area (Å²) in [6, 6.07) is 10.2. The summed E-state index contributed by atoms with van der Waals surface area (Å²) in [7, 11) is 1.26. The van der Waals surface area contributed by atoms with Gasteiger partial charge in [0.25, 0.3) is 11.8 Å². The topological polar surface area (TPSA) is 96.5 Å². The molecule has 2 aromatic rings. The van der Waals surface area contributed by atoms with E-state index in [2.05, 4.69) is 20.9 Å². The van der Waals surface area contributed by atoms with Crippen LogP contribution in [0.5, 0.6) is 0 Å². The summed E-state index contributed by atoms with van der Waals surface area (Å²) in [5.74, 6) is -1.60. The minimum absolute atomic E-state index is 0.129. The molecule has 10 heteroatoms. The highest BCUT2D eigenvalue weighted by Gasteiger charge is 2.13. The summed E-state index contributed by atoms with van der Waals surface area (Å²) in [6.45, 7) is 0. The van der Waals surface area contributed by atoms with Crippen molar-refractivity contribution < 1.29 is 19.1 Å². The number of carbonyl (C=O) groups is 3. The van der Waals surface area contributed by atoms with Gasteiger partial charge in [-0.2, -0.15) is 0 Å². The van der Waals surface area contributed by atoms with Gasteiger partial charge in [-0.05, 0) is 54.7 Å². The number of halogens is 2. The summed E-state index contributed by atoms with van der Waals surface area (Å²) >= 11 is 16.7. The molecule has 3 N–H and O–H groups in total. The van der Waals surface area contributed by atoms with Gasteiger partial charge in [-0.3, -0.25) is 25.8 Å². The lowest BCUT2D eigenvalue weighted by atomic mass is 10.1. The number of rotatable bonds is 3. The molecule has 2 rings (SSSR count). The van der Waals surface area contributed by atoms with Crippen molar-refractivity contribution in [2.75, 3.05) is 7.11 Å². The third-order valence-electron chi connectivity index (χ3n) is 3.26. The van der Waals surface area contributed by atoms with Crippen LogP contribution in [-0.2, 0) is 4.74 Å². The molecule has 0 saturated heterocycles. The van der Waals surface area contributed by atoms with Crippen molar-refractivity contribution in [3.05, 3.63) is 69.2 Å². The Morgan fingerprint density at radius 3 is 2.15 bits per heavy atom. The fraction of sp³-hybridized carbons (Fsp3) is 0.0588. The van der Waals surface area contributed by atoms with Crippen LogP contribution >= 0.6 is 35.4 Å². The number of ether oxygens (including phenoxy) is 1. The minimum atomic E-state index is -0.560. The molecule has 0 saturated carbocycles. The van der Waals surface area contributed by atoms with Gasteiger partial charge in [-0.15, -0.1) is 0 Å². The number of methoxy groups -OCH3 is 1. The van der Waals surface area contributed by atoms with Crippen LogP contribution in [0.2, 0.25) is 10.0 Å². The number of esters is 1. The molecule has 0 bridgehead atoms. The Kier molecular flexibility index (Phi) is 7.12. The van der Waals surface area contributed by atoms with Crippen LogP contribution in [0.1, 0.15) is 31.1 Å². The second-order valence-electron chi connectivity index (χ2n) is 5.06. The zero-order valence-corrected chi connectivity index (χ0v) is 16.2. The number of benzene rings is 2. The van der Waals surface area contributed by atoms with Gasteiger partial charge in [0.2, 0.25) is 0 Å². The van der Waals surface area contributed by atoms with Crippen molar-refractivity contribution in [3.63, 3.8) is 0 Å². The number of amides is 2. The molecule has 0 aliphatic rings. The Morgan fingerprint density at radius 2 is 1.56 bits per heavy atom. The smallest absolute Gasteiger partial charge is 0.337 e. The van der Waals surface area contributed by atoms with Crippen molar-refractivity contribution in [3.8, 4) is 0 Å². The molecule has 0 aromatic heterocycles. The lowest BCUT2D eigenvalue weighted by molar-refractivity contribution is 0.0600. The molecule has 0 spiro atoms. The summed E-state index contributed by atoms with van der Waals surface area (Å²) < 4.78 is 4.58. The number of hydrazine groups is 1. The maximum absolute atomic E-state index is 12.1. The summed E-state index contributed by atoms with van der Waals surface area (Å²) in [5.41, 5.74) is 5.46. The quantitative estimate of drug-likeness (QED) is 0.397. The molecule has 2 amide bonds. The summed E-state index contributed by atoms with van der Waals surface area (Å²) in [4.78, 5) is 35.5. The highest BCUT2D eigenvalue weighted by molar-refractivity contribution is 7.80. The van der Waals surface area contributed by atoms with E-state index in [0.29, 0.717) is 10.6 Å². The van der Waals surface area contributed by atoms with E-state index in [0.717, 1.165) is 0 Å². The first-order chi connectivity index (χ1) is 12.8. The molecule has 7 nitrogen and oxygen atoms in total. The second-order valence-corrected chi connectivity index (χ2v) is 6.31. The van der Waals surface area contributed by atoms with Gasteiger partial charge in [-0.1, -0.05) is 23.2 Å². The molecule has 2 aromatic carbocycles. The van der Waals surface area contributed by atoms with Crippen molar-refractivity contribution in [1.82, 2.24) is 16.2 Å². The fourth-order valence-corrected chi connectivity index (χ4v) is 2.57. The number of hydrogen-bond donors (Lipinski definition) is 3. The van der Waals surface area contributed by atoms with E-state index in [1.807, 2.05) is 0 Å². The molecular weight excluding hydrogens is 413 g/mol. The van der Waals surface area contributed by atoms with E-state index in [4.69, 9.17) is 35.4 Å². The molecule has 0 atom stereocenters. The van der Waals surface area contributed by atoms with Gasteiger partial charge in [0.05, 0.1) is 23.3 Å². The average Bonchev–Trinajstić information content (AvgIpc) is 2.65. The predicted molar refractivity (Wildman–Crippen MR) is 105 cm³/mol. The lowest BCUT2D eigenvalue weighted by Gasteiger charge is -2.11. The molecule has 0 unspecified atom stereocenters. The number of nitrogens with one attached hydrogen (secondary N) is 3. The predicted octanol–water partition coefficient (Wildman–Crippen LogP) is 2.73. The van der Waals surface area contributed by atoms with E-state index in [-0.39, 0.29) is 21.3 Å². The summed E-state index contributed by atoms with van der Waals surface area (Å²) in [6.07, 6.45) is 0.